The molecule has 0 amide bonds. The third-order valence-electron chi connectivity index (χ3n) is 2.16. The monoisotopic (exact) mass is 184 g/mol. The second-order valence-corrected chi connectivity index (χ2v) is 4.36. The Morgan fingerprint density at radius 1 is 1.67 bits per heavy atom. The van der Waals surface area contributed by atoms with Gasteiger partial charge in [-0.2, -0.15) is 11.8 Å². The third-order valence-corrected chi connectivity index (χ3v) is 3.53. The average Bonchev–Trinajstić information content (AvgIpc) is 2.64. The molecule has 12 heavy (non-hydrogen) atoms. The van der Waals surface area contributed by atoms with Gasteiger partial charge in [-0.25, -0.2) is 0 Å². The second-order valence-electron chi connectivity index (χ2n) is 3.05. The van der Waals surface area contributed by atoms with Crippen molar-refractivity contribution in [3.63, 3.8) is 0 Å². The van der Waals surface area contributed by atoms with Crippen molar-refractivity contribution in [1.29, 1.82) is 0 Å². The Morgan fingerprint density at radius 3 is 3.00 bits per heavy atom. The number of anilines is 1. The molecule has 1 aliphatic heterocycles. The molecule has 2 N–H and O–H groups in total. The smallest absolute Gasteiger partial charge is 0.172 e. The lowest BCUT2D eigenvalue weighted by Gasteiger charge is -2.03. The summed E-state index contributed by atoms with van der Waals surface area (Å²) < 4.78 is 5.18. The normalized spacial score (nSPS) is 23.2. The van der Waals surface area contributed by atoms with E-state index in [4.69, 9.17) is 10.3 Å². The van der Waals surface area contributed by atoms with Crippen molar-refractivity contribution in [2.75, 3.05) is 11.5 Å². The highest BCUT2D eigenvalue weighted by Crippen LogP contribution is 2.42. The molecule has 1 fully saturated rings. The minimum absolute atomic E-state index is 0.450. The predicted octanol–water partition coefficient (Wildman–Crippen LogP) is 2.13. The lowest BCUT2D eigenvalue weighted by atomic mass is 10.2. The molecule has 0 bridgehead atoms. The van der Waals surface area contributed by atoms with Crippen molar-refractivity contribution in [3.05, 3.63) is 11.5 Å². The average molecular weight is 184 g/mol. The molecule has 2 rings (SSSR count). The first-order chi connectivity index (χ1) is 5.79. The number of aromatic nitrogens is 1. The molecule has 1 aromatic heterocycles. The largest absolute Gasteiger partial charge is 0.394 e. The Labute approximate surface area is 75.7 Å². The molecule has 0 spiro atoms. The Morgan fingerprint density at radius 2 is 2.50 bits per heavy atom. The number of rotatable bonds is 1. The molecule has 0 saturated carbocycles. The SMILES string of the molecule is Cc1noc(C2CCCS2)c1N. The number of nitrogen functional groups attached to an aromatic ring is 1. The first kappa shape index (κ1) is 7.98. The second kappa shape index (κ2) is 3.01. The number of nitrogens with two attached hydrogens (primary N) is 1. The van der Waals surface area contributed by atoms with Crippen LogP contribution in [0.25, 0.3) is 0 Å². The van der Waals surface area contributed by atoms with Gasteiger partial charge in [0.25, 0.3) is 0 Å². The predicted molar refractivity (Wildman–Crippen MR) is 50.1 cm³/mol. The summed E-state index contributed by atoms with van der Waals surface area (Å²) in [6, 6.07) is 0. The summed E-state index contributed by atoms with van der Waals surface area (Å²) >= 11 is 1.91. The van der Waals surface area contributed by atoms with Gasteiger partial charge in [-0.05, 0) is 25.5 Å². The highest BCUT2D eigenvalue weighted by atomic mass is 32.2. The quantitative estimate of drug-likeness (QED) is 0.726. The zero-order valence-electron chi connectivity index (χ0n) is 7.04. The number of nitrogens with zero attached hydrogens (tertiary/aromatic N) is 1. The number of thioether (sulfide) groups is 1. The maximum absolute atomic E-state index is 5.81. The van der Waals surface area contributed by atoms with Gasteiger partial charge < -0.3 is 10.3 Å². The summed E-state index contributed by atoms with van der Waals surface area (Å²) in [4.78, 5) is 0. The third kappa shape index (κ3) is 1.20. The molecule has 1 saturated heterocycles. The van der Waals surface area contributed by atoms with Crippen molar-refractivity contribution in [3.8, 4) is 0 Å². The molecule has 0 aliphatic carbocycles. The van der Waals surface area contributed by atoms with E-state index in [0.29, 0.717) is 5.25 Å². The molecular formula is C8H12N2OS. The van der Waals surface area contributed by atoms with Gasteiger partial charge in [0.05, 0.1) is 10.9 Å². The van der Waals surface area contributed by atoms with Crippen molar-refractivity contribution in [1.82, 2.24) is 5.16 Å². The summed E-state index contributed by atoms with van der Waals surface area (Å²) in [6.45, 7) is 1.88. The fourth-order valence-electron chi connectivity index (χ4n) is 1.41. The standard InChI is InChI=1S/C8H12N2OS/c1-5-7(9)8(11-10-5)6-3-2-4-12-6/h6H,2-4,9H2,1H3. The van der Waals surface area contributed by atoms with Crippen LogP contribution in [0.1, 0.15) is 29.5 Å². The maximum atomic E-state index is 5.81. The van der Waals surface area contributed by atoms with E-state index in [-0.39, 0.29) is 0 Å². The summed E-state index contributed by atoms with van der Waals surface area (Å²) in [7, 11) is 0. The molecule has 2 heterocycles. The molecule has 0 aromatic carbocycles. The van der Waals surface area contributed by atoms with Crippen molar-refractivity contribution in [2.45, 2.75) is 25.0 Å². The molecular weight excluding hydrogens is 172 g/mol. The number of aryl methyl sites for hydroxylation is 1. The van der Waals surface area contributed by atoms with E-state index in [2.05, 4.69) is 5.16 Å². The molecule has 1 atom stereocenters. The summed E-state index contributed by atoms with van der Waals surface area (Å²) in [5.41, 5.74) is 7.37. The Hall–Kier alpha value is -0.640. The van der Waals surface area contributed by atoms with Crippen LogP contribution in [0.3, 0.4) is 0 Å². The van der Waals surface area contributed by atoms with E-state index in [1.54, 1.807) is 0 Å². The van der Waals surface area contributed by atoms with Gasteiger partial charge >= 0.3 is 0 Å². The summed E-state index contributed by atoms with van der Waals surface area (Å²) in [5.74, 6) is 2.10. The van der Waals surface area contributed by atoms with Gasteiger partial charge in [0.2, 0.25) is 0 Å². The zero-order valence-corrected chi connectivity index (χ0v) is 7.86. The van der Waals surface area contributed by atoms with Crippen LogP contribution in [0.4, 0.5) is 5.69 Å². The van der Waals surface area contributed by atoms with E-state index >= 15 is 0 Å². The fourth-order valence-corrected chi connectivity index (χ4v) is 2.68. The van der Waals surface area contributed by atoms with Crippen LogP contribution in [0, 0.1) is 6.92 Å². The van der Waals surface area contributed by atoms with Crippen LogP contribution in [0.15, 0.2) is 4.52 Å². The van der Waals surface area contributed by atoms with E-state index in [0.717, 1.165) is 17.1 Å². The van der Waals surface area contributed by atoms with Crippen LogP contribution in [-0.4, -0.2) is 10.9 Å². The lowest BCUT2D eigenvalue weighted by molar-refractivity contribution is 0.377. The molecule has 1 aromatic rings. The van der Waals surface area contributed by atoms with E-state index in [1.165, 1.54) is 18.6 Å². The highest BCUT2D eigenvalue weighted by Gasteiger charge is 2.24. The summed E-state index contributed by atoms with van der Waals surface area (Å²) in [6.07, 6.45) is 2.43. The van der Waals surface area contributed by atoms with Gasteiger partial charge in [0.15, 0.2) is 5.76 Å². The topological polar surface area (TPSA) is 52.0 Å². The number of hydrogen-bond donors (Lipinski definition) is 1. The summed E-state index contributed by atoms with van der Waals surface area (Å²) in [5, 5.41) is 4.30. The van der Waals surface area contributed by atoms with Crippen molar-refractivity contribution in [2.24, 2.45) is 0 Å². The highest BCUT2D eigenvalue weighted by molar-refractivity contribution is 7.99. The van der Waals surface area contributed by atoms with Crippen LogP contribution in [-0.2, 0) is 0 Å². The molecule has 66 valence electrons. The first-order valence-corrected chi connectivity index (χ1v) is 5.17. The minimum Gasteiger partial charge on any atom is -0.394 e. The van der Waals surface area contributed by atoms with Crippen LogP contribution >= 0.6 is 11.8 Å². The van der Waals surface area contributed by atoms with Crippen molar-refractivity contribution < 1.29 is 4.52 Å². The maximum Gasteiger partial charge on any atom is 0.172 e. The minimum atomic E-state index is 0.450. The Bertz CT molecular complexity index is 279. The molecule has 3 nitrogen and oxygen atoms in total. The zero-order chi connectivity index (χ0) is 8.55. The van der Waals surface area contributed by atoms with Gasteiger partial charge in [0, 0.05) is 0 Å². The fraction of sp³-hybridized carbons (Fsp3) is 0.625. The van der Waals surface area contributed by atoms with E-state index < -0.39 is 0 Å². The molecule has 4 heteroatoms. The molecule has 0 radical (unpaired) electrons. The Kier molecular flexibility index (Phi) is 2.00. The van der Waals surface area contributed by atoms with Gasteiger partial charge in [0.1, 0.15) is 5.69 Å². The first-order valence-electron chi connectivity index (χ1n) is 4.12. The van der Waals surface area contributed by atoms with Crippen molar-refractivity contribution >= 4 is 17.4 Å². The number of hydrogen-bond acceptors (Lipinski definition) is 4. The lowest BCUT2D eigenvalue weighted by Crippen LogP contribution is -1.93. The van der Waals surface area contributed by atoms with Gasteiger partial charge in [-0.1, -0.05) is 5.16 Å². The van der Waals surface area contributed by atoms with E-state index in [9.17, 15) is 0 Å². The van der Waals surface area contributed by atoms with Crippen LogP contribution < -0.4 is 5.73 Å². The molecule has 1 aliphatic rings. The Balaban J connectivity index is 2.26. The van der Waals surface area contributed by atoms with Gasteiger partial charge in [-0.15, -0.1) is 0 Å². The molecule has 1 unspecified atom stereocenters. The van der Waals surface area contributed by atoms with E-state index in [1.807, 2.05) is 18.7 Å². The van der Waals surface area contributed by atoms with Gasteiger partial charge in [-0.3, -0.25) is 0 Å². The van der Waals surface area contributed by atoms with Crippen LogP contribution in [0.5, 0.6) is 0 Å². The van der Waals surface area contributed by atoms with Crippen LogP contribution in [0.2, 0.25) is 0 Å².